The van der Waals surface area contributed by atoms with Gasteiger partial charge < -0.3 is 10.1 Å². The second-order valence-corrected chi connectivity index (χ2v) is 3.72. The zero-order valence-electron chi connectivity index (χ0n) is 9.43. The van der Waals surface area contributed by atoms with Crippen LogP contribution in [0, 0.1) is 12.3 Å². The summed E-state index contributed by atoms with van der Waals surface area (Å²) in [6.45, 7) is 0.137. The minimum absolute atomic E-state index is 0.137. The van der Waals surface area contributed by atoms with Crippen LogP contribution in [-0.2, 0) is 0 Å². The number of aromatic nitrogens is 2. The Hall–Kier alpha value is -2.25. The molecule has 1 N–H and O–H groups in total. The van der Waals surface area contributed by atoms with Gasteiger partial charge in [-0.3, -0.25) is 0 Å². The molecule has 0 aliphatic carbocycles. The molecule has 0 spiro atoms. The van der Waals surface area contributed by atoms with Gasteiger partial charge in [0.05, 0.1) is 0 Å². The molecule has 0 unspecified atom stereocenters. The molecule has 0 aliphatic heterocycles. The van der Waals surface area contributed by atoms with Gasteiger partial charge in [-0.1, -0.05) is 35.7 Å². The number of para-hydroxylation sites is 1. The number of terminal acetylenes is 1. The molecule has 1 heterocycles. The van der Waals surface area contributed by atoms with E-state index in [2.05, 4.69) is 21.2 Å². The van der Waals surface area contributed by atoms with Crippen LogP contribution in [0.1, 0.15) is 0 Å². The van der Waals surface area contributed by atoms with Gasteiger partial charge in [-0.2, -0.15) is 4.98 Å². The molecule has 90 valence electrons. The minimum Gasteiger partial charge on any atom is -0.464 e. The van der Waals surface area contributed by atoms with Crippen molar-refractivity contribution in [2.75, 3.05) is 11.9 Å². The van der Waals surface area contributed by atoms with E-state index in [-0.39, 0.29) is 11.8 Å². The monoisotopic (exact) mass is 259 g/mol. The van der Waals surface area contributed by atoms with E-state index in [0.29, 0.717) is 11.8 Å². The van der Waals surface area contributed by atoms with Crippen molar-refractivity contribution >= 4 is 23.2 Å². The van der Waals surface area contributed by atoms with Gasteiger partial charge in [0.15, 0.2) is 6.61 Å². The standard InChI is InChI=1S/C13H10ClN3O/c1-2-8-18-12-9-11(14)16-13(17-12)15-10-6-4-3-5-7-10/h1,3-7,9H,8H2,(H,15,16,17). The summed E-state index contributed by atoms with van der Waals surface area (Å²) in [4.78, 5) is 8.19. The second-order valence-electron chi connectivity index (χ2n) is 3.34. The lowest BCUT2D eigenvalue weighted by Crippen LogP contribution is -2.01. The number of hydrogen-bond acceptors (Lipinski definition) is 4. The Balaban J connectivity index is 2.18. The highest BCUT2D eigenvalue weighted by molar-refractivity contribution is 6.29. The van der Waals surface area contributed by atoms with Crippen LogP contribution in [0.15, 0.2) is 36.4 Å². The predicted octanol–water partition coefficient (Wildman–Crippen LogP) is 2.89. The minimum atomic E-state index is 0.137. The average molecular weight is 260 g/mol. The summed E-state index contributed by atoms with van der Waals surface area (Å²) in [6, 6.07) is 11.0. The van der Waals surface area contributed by atoms with Gasteiger partial charge in [0.2, 0.25) is 11.8 Å². The Bertz CT molecular complexity index is 566. The number of rotatable bonds is 4. The number of benzene rings is 1. The fraction of sp³-hybridized carbons (Fsp3) is 0.0769. The van der Waals surface area contributed by atoms with Crippen molar-refractivity contribution < 1.29 is 4.74 Å². The molecular formula is C13H10ClN3O. The molecule has 0 saturated carbocycles. The Kier molecular flexibility index (Phi) is 4.00. The molecule has 5 heteroatoms. The zero-order valence-corrected chi connectivity index (χ0v) is 10.2. The molecule has 0 saturated heterocycles. The fourth-order valence-electron chi connectivity index (χ4n) is 1.29. The summed E-state index contributed by atoms with van der Waals surface area (Å²) >= 11 is 5.87. The number of nitrogens with one attached hydrogen (secondary N) is 1. The summed E-state index contributed by atoms with van der Waals surface area (Å²) in [5, 5.41) is 3.31. The van der Waals surface area contributed by atoms with E-state index in [9.17, 15) is 0 Å². The van der Waals surface area contributed by atoms with Gasteiger partial charge >= 0.3 is 0 Å². The van der Waals surface area contributed by atoms with Crippen LogP contribution in [0.5, 0.6) is 5.88 Å². The topological polar surface area (TPSA) is 47.0 Å². The summed E-state index contributed by atoms with van der Waals surface area (Å²) in [5.41, 5.74) is 0.864. The average Bonchev–Trinajstić information content (AvgIpc) is 2.37. The predicted molar refractivity (Wildman–Crippen MR) is 71.1 cm³/mol. The van der Waals surface area contributed by atoms with Crippen molar-refractivity contribution in [3.8, 4) is 18.2 Å². The highest BCUT2D eigenvalue weighted by Crippen LogP contribution is 2.19. The van der Waals surface area contributed by atoms with E-state index in [1.807, 2.05) is 30.3 Å². The van der Waals surface area contributed by atoms with E-state index in [0.717, 1.165) is 5.69 Å². The van der Waals surface area contributed by atoms with Gasteiger partial charge in [0.25, 0.3) is 0 Å². The number of ether oxygens (including phenoxy) is 1. The van der Waals surface area contributed by atoms with Crippen molar-refractivity contribution in [2.24, 2.45) is 0 Å². The number of hydrogen-bond donors (Lipinski definition) is 1. The summed E-state index contributed by atoms with van der Waals surface area (Å²) < 4.78 is 5.20. The van der Waals surface area contributed by atoms with Crippen molar-refractivity contribution in [1.82, 2.24) is 9.97 Å². The highest BCUT2D eigenvalue weighted by Gasteiger charge is 2.04. The van der Waals surface area contributed by atoms with E-state index >= 15 is 0 Å². The third-order valence-electron chi connectivity index (χ3n) is 2.00. The highest BCUT2D eigenvalue weighted by atomic mass is 35.5. The molecule has 0 amide bonds. The lowest BCUT2D eigenvalue weighted by Gasteiger charge is -2.07. The molecule has 2 rings (SSSR count). The first kappa shape index (κ1) is 12.2. The van der Waals surface area contributed by atoms with E-state index in [4.69, 9.17) is 22.8 Å². The van der Waals surface area contributed by atoms with Crippen LogP contribution in [-0.4, -0.2) is 16.6 Å². The zero-order chi connectivity index (χ0) is 12.8. The largest absolute Gasteiger partial charge is 0.464 e. The van der Waals surface area contributed by atoms with Gasteiger partial charge in [0.1, 0.15) is 5.15 Å². The van der Waals surface area contributed by atoms with Crippen LogP contribution < -0.4 is 10.1 Å². The lowest BCUT2D eigenvalue weighted by atomic mass is 10.3. The molecule has 0 atom stereocenters. The molecule has 2 aromatic rings. The van der Waals surface area contributed by atoms with Gasteiger partial charge in [-0.05, 0) is 12.1 Å². The third kappa shape index (κ3) is 3.37. The van der Waals surface area contributed by atoms with Gasteiger partial charge in [0, 0.05) is 11.8 Å². The van der Waals surface area contributed by atoms with E-state index in [1.54, 1.807) is 0 Å². The van der Waals surface area contributed by atoms with E-state index in [1.165, 1.54) is 6.07 Å². The summed E-state index contributed by atoms with van der Waals surface area (Å²) in [7, 11) is 0. The Morgan fingerprint density at radius 1 is 1.28 bits per heavy atom. The van der Waals surface area contributed by atoms with Crippen LogP contribution in [0.25, 0.3) is 0 Å². The maximum atomic E-state index is 5.87. The first-order valence-electron chi connectivity index (χ1n) is 5.21. The smallest absolute Gasteiger partial charge is 0.231 e. The first-order chi connectivity index (χ1) is 8.78. The molecule has 0 bridgehead atoms. The number of halogens is 1. The quantitative estimate of drug-likeness (QED) is 0.677. The Labute approximate surface area is 110 Å². The summed E-state index contributed by atoms with van der Waals surface area (Å²) in [5.74, 6) is 3.06. The van der Waals surface area contributed by atoms with Crippen LogP contribution >= 0.6 is 11.6 Å². The van der Waals surface area contributed by atoms with E-state index < -0.39 is 0 Å². The molecule has 1 aromatic carbocycles. The molecule has 18 heavy (non-hydrogen) atoms. The fourth-order valence-corrected chi connectivity index (χ4v) is 1.47. The molecule has 0 fully saturated rings. The van der Waals surface area contributed by atoms with Crippen LogP contribution in [0.4, 0.5) is 11.6 Å². The van der Waals surface area contributed by atoms with Crippen LogP contribution in [0.2, 0.25) is 5.15 Å². The summed E-state index contributed by atoms with van der Waals surface area (Å²) in [6.07, 6.45) is 5.11. The second kappa shape index (κ2) is 5.89. The van der Waals surface area contributed by atoms with Crippen LogP contribution in [0.3, 0.4) is 0 Å². The Morgan fingerprint density at radius 2 is 2.06 bits per heavy atom. The normalized spacial score (nSPS) is 9.56. The van der Waals surface area contributed by atoms with Gasteiger partial charge in [-0.25, -0.2) is 4.98 Å². The van der Waals surface area contributed by atoms with Crippen molar-refractivity contribution in [2.45, 2.75) is 0 Å². The van der Waals surface area contributed by atoms with Crippen molar-refractivity contribution in [3.05, 3.63) is 41.6 Å². The molecule has 1 aromatic heterocycles. The molecule has 4 nitrogen and oxygen atoms in total. The maximum Gasteiger partial charge on any atom is 0.231 e. The first-order valence-corrected chi connectivity index (χ1v) is 5.58. The number of anilines is 2. The molecule has 0 aliphatic rings. The maximum absolute atomic E-state index is 5.87. The number of nitrogens with zero attached hydrogens (tertiary/aromatic N) is 2. The van der Waals surface area contributed by atoms with Crippen molar-refractivity contribution in [3.63, 3.8) is 0 Å². The Morgan fingerprint density at radius 3 is 2.78 bits per heavy atom. The SMILES string of the molecule is C#CCOc1cc(Cl)nc(Nc2ccccc2)n1. The third-order valence-corrected chi connectivity index (χ3v) is 2.20. The van der Waals surface area contributed by atoms with Crippen molar-refractivity contribution in [1.29, 1.82) is 0 Å². The molecule has 0 radical (unpaired) electrons. The molecular weight excluding hydrogens is 250 g/mol. The van der Waals surface area contributed by atoms with Gasteiger partial charge in [-0.15, -0.1) is 6.42 Å². The lowest BCUT2D eigenvalue weighted by molar-refractivity contribution is 0.355.